The number of nitrogens with zero attached hydrogens (tertiary/aromatic N) is 2. The van der Waals surface area contributed by atoms with Crippen LogP contribution in [-0.2, 0) is 0 Å². The first kappa shape index (κ1) is 18.3. The SMILES string of the molecule is COc1ccc(NC(=O)c2ccc(N(C)c3ccccc3)nc2)c(OC)c1. The Morgan fingerprint density at radius 3 is 2.41 bits per heavy atom. The molecule has 1 aromatic heterocycles. The molecule has 0 aliphatic heterocycles. The zero-order chi connectivity index (χ0) is 19.2. The summed E-state index contributed by atoms with van der Waals surface area (Å²) in [6, 6.07) is 18.7. The van der Waals surface area contributed by atoms with Crippen LogP contribution in [0.3, 0.4) is 0 Å². The van der Waals surface area contributed by atoms with E-state index in [4.69, 9.17) is 9.47 Å². The van der Waals surface area contributed by atoms with Gasteiger partial charge in [0.1, 0.15) is 17.3 Å². The minimum absolute atomic E-state index is 0.264. The molecule has 0 spiro atoms. The third kappa shape index (κ3) is 4.17. The standard InChI is InChI=1S/C21H21N3O3/c1-24(16-7-5-4-6-8-16)20-12-9-15(14-22-20)21(25)23-18-11-10-17(26-2)13-19(18)27-3/h4-14H,1-3H3,(H,23,25). The molecule has 6 heteroatoms. The molecule has 0 saturated carbocycles. The largest absolute Gasteiger partial charge is 0.497 e. The highest BCUT2D eigenvalue weighted by Crippen LogP contribution is 2.29. The number of nitrogens with one attached hydrogen (secondary N) is 1. The second-order valence-corrected chi connectivity index (χ2v) is 5.82. The minimum Gasteiger partial charge on any atom is -0.497 e. The van der Waals surface area contributed by atoms with Crippen molar-refractivity contribution in [3.05, 3.63) is 72.4 Å². The summed E-state index contributed by atoms with van der Waals surface area (Å²) in [5.74, 6) is 1.66. The van der Waals surface area contributed by atoms with Crippen molar-refractivity contribution < 1.29 is 14.3 Å². The molecule has 0 saturated heterocycles. The number of para-hydroxylation sites is 1. The topological polar surface area (TPSA) is 63.7 Å². The lowest BCUT2D eigenvalue weighted by atomic mass is 10.2. The normalized spacial score (nSPS) is 10.2. The third-order valence-corrected chi connectivity index (χ3v) is 4.15. The number of aromatic nitrogens is 1. The molecule has 2 aromatic carbocycles. The van der Waals surface area contributed by atoms with Crippen LogP contribution in [-0.4, -0.2) is 32.2 Å². The molecule has 0 aliphatic rings. The summed E-state index contributed by atoms with van der Waals surface area (Å²) in [5, 5.41) is 2.84. The molecule has 3 aromatic rings. The Morgan fingerprint density at radius 2 is 1.78 bits per heavy atom. The van der Waals surface area contributed by atoms with Crippen molar-refractivity contribution in [3.8, 4) is 11.5 Å². The van der Waals surface area contributed by atoms with Crippen LogP contribution in [0, 0.1) is 0 Å². The van der Waals surface area contributed by atoms with Gasteiger partial charge in [0, 0.05) is 25.0 Å². The molecule has 3 rings (SSSR count). The molecule has 6 nitrogen and oxygen atoms in total. The maximum Gasteiger partial charge on any atom is 0.257 e. The number of hydrogen-bond acceptors (Lipinski definition) is 5. The van der Waals surface area contributed by atoms with Crippen LogP contribution in [0.25, 0.3) is 0 Å². The van der Waals surface area contributed by atoms with Crippen LogP contribution in [0.1, 0.15) is 10.4 Å². The fourth-order valence-electron chi connectivity index (χ4n) is 2.60. The summed E-state index contributed by atoms with van der Waals surface area (Å²) in [6.07, 6.45) is 1.56. The molecular formula is C21H21N3O3. The smallest absolute Gasteiger partial charge is 0.257 e. The van der Waals surface area contributed by atoms with Crippen molar-refractivity contribution in [1.82, 2.24) is 4.98 Å². The van der Waals surface area contributed by atoms with E-state index in [1.165, 1.54) is 0 Å². The van der Waals surface area contributed by atoms with Crippen molar-refractivity contribution in [2.45, 2.75) is 0 Å². The summed E-state index contributed by atoms with van der Waals surface area (Å²) < 4.78 is 10.5. The van der Waals surface area contributed by atoms with Gasteiger partial charge in [0.2, 0.25) is 0 Å². The first-order chi connectivity index (χ1) is 13.1. The molecule has 0 aliphatic carbocycles. The van der Waals surface area contributed by atoms with Gasteiger partial charge in [0.15, 0.2) is 0 Å². The van der Waals surface area contributed by atoms with Gasteiger partial charge in [0.25, 0.3) is 5.91 Å². The van der Waals surface area contributed by atoms with Gasteiger partial charge in [0.05, 0.1) is 25.5 Å². The monoisotopic (exact) mass is 363 g/mol. The van der Waals surface area contributed by atoms with E-state index in [0.717, 1.165) is 11.5 Å². The number of methoxy groups -OCH3 is 2. The van der Waals surface area contributed by atoms with Crippen molar-refractivity contribution in [1.29, 1.82) is 0 Å². The Labute approximate surface area is 158 Å². The van der Waals surface area contributed by atoms with Crippen molar-refractivity contribution in [2.75, 3.05) is 31.5 Å². The number of benzene rings is 2. The predicted molar refractivity (Wildman–Crippen MR) is 106 cm³/mol. The highest BCUT2D eigenvalue weighted by molar-refractivity contribution is 6.05. The highest BCUT2D eigenvalue weighted by atomic mass is 16.5. The van der Waals surface area contributed by atoms with E-state index >= 15 is 0 Å². The number of rotatable bonds is 6. The number of ether oxygens (including phenoxy) is 2. The summed E-state index contributed by atoms with van der Waals surface area (Å²) in [6.45, 7) is 0. The van der Waals surface area contributed by atoms with Gasteiger partial charge in [-0.15, -0.1) is 0 Å². The highest BCUT2D eigenvalue weighted by Gasteiger charge is 2.12. The van der Waals surface area contributed by atoms with Gasteiger partial charge in [-0.3, -0.25) is 4.79 Å². The van der Waals surface area contributed by atoms with Crippen LogP contribution in [0.5, 0.6) is 11.5 Å². The number of amides is 1. The first-order valence-electron chi connectivity index (χ1n) is 8.40. The van der Waals surface area contributed by atoms with Crippen LogP contribution >= 0.6 is 0 Å². The summed E-state index contributed by atoms with van der Waals surface area (Å²) in [4.78, 5) is 18.9. The van der Waals surface area contributed by atoms with Crippen LogP contribution < -0.4 is 19.7 Å². The summed E-state index contributed by atoms with van der Waals surface area (Å²) >= 11 is 0. The maximum atomic E-state index is 12.5. The Kier molecular flexibility index (Phi) is 5.56. The van der Waals surface area contributed by atoms with E-state index in [0.29, 0.717) is 22.7 Å². The van der Waals surface area contributed by atoms with Crippen LogP contribution in [0.15, 0.2) is 66.9 Å². The zero-order valence-corrected chi connectivity index (χ0v) is 15.5. The number of hydrogen-bond donors (Lipinski definition) is 1. The zero-order valence-electron chi connectivity index (χ0n) is 15.5. The fraction of sp³-hybridized carbons (Fsp3) is 0.143. The lowest BCUT2D eigenvalue weighted by molar-refractivity contribution is 0.102. The van der Waals surface area contributed by atoms with E-state index in [2.05, 4.69) is 10.3 Å². The average Bonchev–Trinajstić information content (AvgIpc) is 2.74. The van der Waals surface area contributed by atoms with Crippen molar-refractivity contribution in [2.24, 2.45) is 0 Å². The molecule has 0 fully saturated rings. The maximum absolute atomic E-state index is 12.5. The van der Waals surface area contributed by atoms with E-state index < -0.39 is 0 Å². The summed E-state index contributed by atoms with van der Waals surface area (Å²) in [7, 11) is 5.05. The Bertz CT molecular complexity index is 912. The van der Waals surface area contributed by atoms with E-state index in [-0.39, 0.29) is 5.91 Å². The molecule has 1 N–H and O–H groups in total. The van der Waals surface area contributed by atoms with E-state index in [1.54, 1.807) is 44.7 Å². The molecule has 138 valence electrons. The van der Waals surface area contributed by atoms with Crippen molar-refractivity contribution >= 4 is 23.1 Å². The Morgan fingerprint density at radius 1 is 1.00 bits per heavy atom. The molecular weight excluding hydrogens is 342 g/mol. The Hall–Kier alpha value is -3.54. The molecule has 0 atom stereocenters. The fourth-order valence-corrected chi connectivity index (χ4v) is 2.60. The van der Waals surface area contributed by atoms with Gasteiger partial charge >= 0.3 is 0 Å². The lowest BCUT2D eigenvalue weighted by Gasteiger charge is -2.18. The van der Waals surface area contributed by atoms with Gasteiger partial charge in [-0.05, 0) is 36.4 Å². The second kappa shape index (κ2) is 8.23. The molecule has 0 bridgehead atoms. The average molecular weight is 363 g/mol. The molecule has 0 unspecified atom stereocenters. The van der Waals surface area contributed by atoms with Gasteiger partial charge in [-0.1, -0.05) is 18.2 Å². The van der Waals surface area contributed by atoms with Gasteiger partial charge in [-0.25, -0.2) is 4.98 Å². The quantitative estimate of drug-likeness (QED) is 0.714. The van der Waals surface area contributed by atoms with Crippen LogP contribution in [0.4, 0.5) is 17.2 Å². The lowest BCUT2D eigenvalue weighted by Crippen LogP contribution is -2.15. The van der Waals surface area contributed by atoms with Gasteiger partial charge in [-0.2, -0.15) is 0 Å². The van der Waals surface area contributed by atoms with Crippen LogP contribution in [0.2, 0.25) is 0 Å². The predicted octanol–water partition coefficient (Wildman–Crippen LogP) is 4.12. The van der Waals surface area contributed by atoms with E-state index in [1.807, 2.05) is 48.3 Å². The minimum atomic E-state index is -0.264. The summed E-state index contributed by atoms with van der Waals surface area (Å²) in [5.41, 5.74) is 2.04. The number of carbonyl (C=O) groups is 1. The Balaban J connectivity index is 1.75. The van der Waals surface area contributed by atoms with Crippen molar-refractivity contribution in [3.63, 3.8) is 0 Å². The second-order valence-electron chi connectivity index (χ2n) is 5.82. The van der Waals surface area contributed by atoms with Gasteiger partial charge < -0.3 is 19.7 Å². The molecule has 1 heterocycles. The van der Waals surface area contributed by atoms with E-state index in [9.17, 15) is 4.79 Å². The molecule has 0 radical (unpaired) electrons. The first-order valence-corrected chi connectivity index (χ1v) is 8.40. The third-order valence-electron chi connectivity index (χ3n) is 4.15. The number of carbonyl (C=O) groups excluding carboxylic acids is 1. The number of anilines is 3. The molecule has 1 amide bonds. The number of pyridine rings is 1. The molecule has 27 heavy (non-hydrogen) atoms.